The molecule has 36 heavy (non-hydrogen) atoms. The van der Waals surface area contributed by atoms with Crippen LogP contribution in [-0.4, -0.2) is 37.4 Å². The number of carbonyl (C=O) groups is 3. The van der Waals surface area contributed by atoms with Gasteiger partial charge in [-0.25, -0.2) is 14.4 Å². The summed E-state index contributed by atoms with van der Waals surface area (Å²) in [5.41, 5.74) is 0.509. The second kappa shape index (κ2) is 13.1. The molecule has 2 aromatic carbocycles. The predicted molar refractivity (Wildman–Crippen MR) is 137 cm³/mol. The Hall–Kier alpha value is -3.35. The largest absolute Gasteiger partial charge is 0.513 e. The first-order valence-electron chi connectivity index (χ1n) is 12.7. The molecule has 0 heterocycles. The predicted octanol–water partition coefficient (Wildman–Crippen LogP) is 6.48. The standard InChI is InChI=1S/C29H36O7/c1-5-27(30)33-14-6-7-15-34-29(32)35-24-12-11-21-17-23(10-9-22(21)18-24)28(31)36-26-16-20(4)8-13-25(26)19(2)3/h5,9-12,17-20,25-26H,1,6-8,13-16H2,2-4H3. The first kappa shape index (κ1) is 27.2. The Morgan fingerprint density at radius 3 is 2.42 bits per heavy atom. The minimum atomic E-state index is -0.806. The third-order valence-electron chi connectivity index (χ3n) is 6.64. The van der Waals surface area contributed by atoms with Crippen molar-refractivity contribution in [3.63, 3.8) is 0 Å². The summed E-state index contributed by atoms with van der Waals surface area (Å²) >= 11 is 0. The van der Waals surface area contributed by atoms with Crippen LogP contribution in [0, 0.1) is 17.8 Å². The molecule has 0 bridgehead atoms. The number of carbonyl (C=O) groups excluding carboxylic acids is 3. The van der Waals surface area contributed by atoms with Crippen LogP contribution in [0.25, 0.3) is 10.8 Å². The van der Waals surface area contributed by atoms with E-state index in [0.29, 0.717) is 41.9 Å². The highest BCUT2D eigenvalue weighted by atomic mass is 16.7. The molecule has 3 rings (SSSR count). The highest BCUT2D eigenvalue weighted by molar-refractivity contribution is 5.96. The van der Waals surface area contributed by atoms with Gasteiger partial charge < -0.3 is 18.9 Å². The lowest BCUT2D eigenvalue weighted by Crippen LogP contribution is -2.35. The van der Waals surface area contributed by atoms with Crippen molar-refractivity contribution in [1.29, 1.82) is 0 Å². The number of fused-ring (bicyclic) bond motifs is 1. The molecule has 3 atom stereocenters. The third kappa shape index (κ3) is 7.83. The van der Waals surface area contributed by atoms with Crippen LogP contribution >= 0.6 is 0 Å². The maximum atomic E-state index is 12.9. The Morgan fingerprint density at radius 1 is 1.00 bits per heavy atom. The summed E-state index contributed by atoms with van der Waals surface area (Å²) in [6.45, 7) is 10.3. The van der Waals surface area contributed by atoms with Gasteiger partial charge in [0.25, 0.3) is 0 Å². The third-order valence-corrected chi connectivity index (χ3v) is 6.64. The van der Waals surface area contributed by atoms with Gasteiger partial charge in [-0.3, -0.25) is 0 Å². The van der Waals surface area contributed by atoms with Crippen molar-refractivity contribution < 1.29 is 33.3 Å². The Bertz CT molecular complexity index is 1070. The van der Waals surface area contributed by atoms with Crippen molar-refractivity contribution in [2.24, 2.45) is 17.8 Å². The van der Waals surface area contributed by atoms with Crippen LogP contribution in [-0.2, 0) is 19.0 Å². The maximum absolute atomic E-state index is 12.9. The van der Waals surface area contributed by atoms with Gasteiger partial charge in [0, 0.05) is 6.08 Å². The Balaban J connectivity index is 1.52. The van der Waals surface area contributed by atoms with E-state index in [2.05, 4.69) is 27.4 Å². The highest BCUT2D eigenvalue weighted by Gasteiger charge is 2.33. The van der Waals surface area contributed by atoms with E-state index in [4.69, 9.17) is 18.9 Å². The number of hydrogen-bond acceptors (Lipinski definition) is 7. The molecule has 194 valence electrons. The summed E-state index contributed by atoms with van der Waals surface area (Å²) in [5, 5.41) is 1.67. The van der Waals surface area contributed by atoms with E-state index in [1.165, 1.54) is 6.42 Å². The fraction of sp³-hybridized carbons (Fsp3) is 0.483. The van der Waals surface area contributed by atoms with Crippen LogP contribution in [0.3, 0.4) is 0 Å². The van der Waals surface area contributed by atoms with E-state index in [1.54, 1.807) is 30.3 Å². The van der Waals surface area contributed by atoms with Crippen molar-refractivity contribution >= 4 is 28.9 Å². The Labute approximate surface area is 212 Å². The van der Waals surface area contributed by atoms with Gasteiger partial charge in [0.15, 0.2) is 0 Å². The van der Waals surface area contributed by atoms with Crippen LogP contribution in [0.1, 0.15) is 63.2 Å². The first-order chi connectivity index (χ1) is 17.3. The fourth-order valence-electron chi connectivity index (χ4n) is 4.59. The normalized spacial score (nSPS) is 19.5. The number of hydrogen-bond donors (Lipinski definition) is 0. The van der Waals surface area contributed by atoms with Gasteiger partial charge in [-0.2, -0.15) is 0 Å². The number of benzene rings is 2. The van der Waals surface area contributed by atoms with E-state index in [9.17, 15) is 14.4 Å². The summed E-state index contributed by atoms with van der Waals surface area (Å²) in [6.07, 6.45) is 4.51. The van der Waals surface area contributed by atoms with Gasteiger partial charge in [0.2, 0.25) is 0 Å². The molecule has 1 aliphatic rings. The lowest BCUT2D eigenvalue weighted by Gasteiger charge is -2.36. The van der Waals surface area contributed by atoms with Crippen LogP contribution in [0.4, 0.5) is 4.79 Å². The molecule has 1 fully saturated rings. The summed E-state index contributed by atoms with van der Waals surface area (Å²) < 4.78 is 21.1. The summed E-state index contributed by atoms with van der Waals surface area (Å²) in [6, 6.07) is 10.5. The van der Waals surface area contributed by atoms with Crippen LogP contribution in [0.5, 0.6) is 5.75 Å². The number of unbranched alkanes of at least 4 members (excludes halogenated alkanes) is 1. The summed E-state index contributed by atoms with van der Waals surface area (Å²) in [4.78, 5) is 35.8. The average Bonchev–Trinajstić information content (AvgIpc) is 2.85. The molecule has 2 aromatic rings. The molecule has 3 unspecified atom stereocenters. The number of rotatable bonds is 10. The molecule has 0 aromatic heterocycles. The molecule has 0 amide bonds. The molecular weight excluding hydrogens is 460 g/mol. The molecule has 0 aliphatic heterocycles. The highest BCUT2D eigenvalue weighted by Crippen LogP contribution is 2.36. The van der Waals surface area contributed by atoms with Gasteiger partial charge in [-0.1, -0.05) is 45.9 Å². The van der Waals surface area contributed by atoms with Crippen LogP contribution < -0.4 is 4.74 Å². The smallest absolute Gasteiger partial charge is 0.463 e. The quantitative estimate of drug-likeness (QED) is 0.122. The molecule has 1 aliphatic carbocycles. The molecule has 0 saturated heterocycles. The molecule has 1 saturated carbocycles. The summed E-state index contributed by atoms with van der Waals surface area (Å²) in [7, 11) is 0. The minimum absolute atomic E-state index is 0.0547. The topological polar surface area (TPSA) is 88.1 Å². The van der Waals surface area contributed by atoms with Crippen molar-refractivity contribution in [3.8, 4) is 5.75 Å². The van der Waals surface area contributed by atoms with Crippen molar-refractivity contribution in [3.05, 3.63) is 54.6 Å². The van der Waals surface area contributed by atoms with Gasteiger partial charge >= 0.3 is 18.1 Å². The van der Waals surface area contributed by atoms with Gasteiger partial charge in [-0.15, -0.1) is 0 Å². The Morgan fingerprint density at radius 2 is 1.69 bits per heavy atom. The molecule has 0 radical (unpaired) electrons. The van der Waals surface area contributed by atoms with E-state index >= 15 is 0 Å². The van der Waals surface area contributed by atoms with Gasteiger partial charge in [0.05, 0.1) is 18.8 Å². The van der Waals surface area contributed by atoms with E-state index < -0.39 is 12.1 Å². The van der Waals surface area contributed by atoms with Gasteiger partial charge in [0.1, 0.15) is 11.9 Å². The van der Waals surface area contributed by atoms with Crippen molar-refractivity contribution in [1.82, 2.24) is 0 Å². The average molecular weight is 497 g/mol. The maximum Gasteiger partial charge on any atom is 0.513 e. The van der Waals surface area contributed by atoms with Crippen molar-refractivity contribution in [2.75, 3.05) is 13.2 Å². The summed E-state index contributed by atoms with van der Waals surface area (Å²) in [5.74, 6) is 0.984. The molecular formula is C29H36O7. The van der Waals surface area contributed by atoms with Crippen LogP contribution in [0.15, 0.2) is 49.1 Å². The Kier molecular flexibility index (Phi) is 9.91. The molecule has 0 N–H and O–H groups in total. The fourth-order valence-corrected chi connectivity index (χ4v) is 4.59. The second-order valence-electron chi connectivity index (χ2n) is 9.77. The first-order valence-corrected chi connectivity index (χ1v) is 12.7. The van der Waals surface area contributed by atoms with Crippen molar-refractivity contribution in [2.45, 2.75) is 59.0 Å². The van der Waals surface area contributed by atoms with Crippen LogP contribution in [0.2, 0.25) is 0 Å². The zero-order valence-electron chi connectivity index (χ0n) is 21.4. The molecule has 7 nitrogen and oxygen atoms in total. The lowest BCUT2D eigenvalue weighted by molar-refractivity contribution is -0.137. The lowest BCUT2D eigenvalue weighted by atomic mass is 9.75. The van der Waals surface area contributed by atoms with E-state index in [0.717, 1.165) is 29.7 Å². The van der Waals surface area contributed by atoms with E-state index in [-0.39, 0.29) is 25.3 Å². The number of ether oxygens (including phenoxy) is 4. The zero-order valence-corrected chi connectivity index (χ0v) is 21.4. The number of esters is 2. The molecule has 7 heteroatoms. The zero-order chi connectivity index (χ0) is 26.1. The SMILES string of the molecule is C=CC(=O)OCCCCOC(=O)Oc1ccc2cc(C(=O)OC3CC(C)CCC3C(C)C)ccc2c1. The monoisotopic (exact) mass is 496 g/mol. The van der Waals surface area contributed by atoms with Gasteiger partial charge in [-0.05, 0) is 78.5 Å². The minimum Gasteiger partial charge on any atom is -0.463 e. The second-order valence-corrected chi connectivity index (χ2v) is 9.77. The van der Waals surface area contributed by atoms with E-state index in [1.807, 2.05) is 6.07 Å². The molecule has 0 spiro atoms.